The second-order valence-corrected chi connectivity index (χ2v) is 9.78. The molecule has 5 rings (SSSR count). The molecule has 0 aliphatic carbocycles. The number of urea groups is 1. The minimum atomic E-state index is -0.812. The predicted octanol–water partition coefficient (Wildman–Crippen LogP) is 6.82. The number of barbiturate groups is 1. The number of carbonyl (C=O) groups is 3. The average Bonchev–Trinajstić information content (AvgIpc) is 2.86. The van der Waals surface area contributed by atoms with E-state index in [2.05, 4.69) is 21.2 Å². The summed E-state index contributed by atoms with van der Waals surface area (Å²) in [7, 11) is 0. The molecule has 178 valence electrons. The number of amides is 4. The van der Waals surface area contributed by atoms with Crippen LogP contribution in [0.3, 0.4) is 0 Å². The zero-order chi connectivity index (χ0) is 25.4. The van der Waals surface area contributed by atoms with Crippen LogP contribution in [0.15, 0.2) is 88.9 Å². The Morgan fingerprint density at radius 1 is 0.917 bits per heavy atom. The van der Waals surface area contributed by atoms with Crippen molar-refractivity contribution in [1.82, 2.24) is 5.32 Å². The first-order valence-corrected chi connectivity index (χ1v) is 12.4. The Balaban J connectivity index is 1.65. The summed E-state index contributed by atoms with van der Waals surface area (Å²) >= 11 is 9.85. The summed E-state index contributed by atoms with van der Waals surface area (Å²) in [5.74, 6) is -1.44. The Kier molecular flexibility index (Phi) is 6.48. The van der Waals surface area contributed by atoms with E-state index in [0.717, 1.165) is 42.4 Å². The van der Waals surface area contributed by atoms with E-state index in [1.165, 1.54) is 6.07 Å². The number of carbonyl (C=O) groups excluding carboxylic acids is 3. The van der Waals surface area contributed by atoms with Gasteiger partial charge in [-0.1, -0.05) is 88.2 Å². The number of anilines is 1. The number of nitrogens with zero attached hydrogens (tertiary/aromatic N) is 1. The number of hydrogen-bond acceptors (Lipinski definition) is 3. The highest BCUT2D eigenvalue weighted by Crippen LogP contribution is 2.31. The van der Waals surface area contributed by atoms with Crippen molar-refractivity contribution in [2.24, 2.45) is 0 Å². The van der Waals surface area contributed by atoms with Gasteiger partial charge in [-0.25, -0.2) is 9.69 Å². The maximum Gasteiger partial charge on any atom is 0.335 e. The highest BCUT2D eigenvalue weighted by molar-refractivity contribution is 9.10. The van der Waals surface area contributed by atoms with E-state index >= 15 is 0 Å². The zero-order valence-corrected chi connectivity index (χ0v) is 21.6. The number of rotatable bonds is 4. The quantitative estimate of drug-likeness (QED) is 0.220. The highest BCUT2D eigenvalue weighted by Gasteiger charge is 2.37. The number of halogens is 2. The molecule has 0 saturated carbocycles. The molecule has 4 aromatic rings. The topological polar surface area (TPSA) is 66.5 Å². The van der Waals surface area contributed by atoms with Crippen LogP contribution in [0.1, 0.15) is 22.3 Å². The third kappa shape index (κ3) is 4.45. The van der Waals surface area contributed by atoms with Crippen LogP contribution in [0.25, 0.3) is 16.8 Å². The maximum atomic E-state index is 13.5. The van der Waals surface area contributed by atoms with Crippen LogP contribution in [0.2, 0.25) is 5.02 Å². The van der Waals surface area contributed by atoms with E-state index < -0.39 is 17.8 Å². The van der Waals surface area contributed by atoms with Crippen molar-refractivity contribution in [3.8, 4) is 0 Å². The lowest BCUT2D eigenvalue weighted by Gasteiger charge is -2.27. The van der Waals surface area contributed by atoms with Gasteiger partial charge < -0.3 is 0 Å². The molecule has 0 atom stereocenters. The molecular weight excluding hydrogens is 540 g/mol. The molecular formula is C29H20BrClN2O3. The number of imide groups is 2. The highest BCUT2D eigenvalue weighted by atomic mass is 79.9. The Hall–Kier alpha value is -3.74. The van der Waals surface area contributed by atoms with Crippen LogP contribution < -0.4 is 10.2 Å². The van der Waals surface area contributed by atoms with E-state index in [4.69, 9.17) is 11.6 Å². The van der Waals surface area contributed by atoms with Crippen molar-refractivity contribution in [1.29, 1.82) is 0 Å². The molecule has 1 saturated heterocycles. The summed E-state index contributed by atoms with van der Waals surface area (Å²) in [6.45, 7) is 1.83. The molecule has 0 bridgehead atoms. The van der Waals surface area contributed by atoms with Crippen molar-refractivity contribution < 1.29 is 14.4 Å². The van der Waals surface area contributed by atoms with Crippen molar-refractivity contribution in [2.75, 3.05) is 4.90 Å². The van der Waals surface area contributed by atoms with E-state index in [0.29, 0.717) is 11.4 Å². The van der Waals surface area contributed by atoms with Gasteiger partial charge in [0.1, 0.15) is 5.57 Å². The van der Waals surface area contributed by atoms with Gasteiger partial charge in [-0.3, -0.25) is 14.9 Å². The van der Waals surface area contributed by atoms with Crippen LogP contribution in [-0.4, -0.2) is 17.8 Å². The maximum absolute atomic E-state index is 13.5. The standard InChI is InChI=1S/C29H20BrClN2O3/c1-17-10-13-21(15-26(17)31)33-28(35)24(27(34)32-29(33)36)16-23-19(14-20-7-3-5-9-25(20)30)12-11-18-6-2-4-8-22(18)23/h2-13,15-16H,14H2,1H3,(H,32,34,36)/b24-16+. The number of benzene rings is 4. The fourth-order valence-electron chi connectivity index (χ4n) is 4.27. The molecule has 4 amide bonds. The van der Waals surface area contributed by atoms with E-state index in [-0.39, 0.29) is 11.3 Å². The van der Waals surface area contributed by atoms with Gasteiger partial charge in [0.2, 0.25) is 0 Å². The minimum absolute atomic E-state index is 0.129. The van der Waals surface area contributed by atoms with Crippen molar-refractivity contribution >= 4 is 67.9 Å². The third-order valence-electron chi connectivity index (χ3n) is 6.20. The summed E-state index contributed by atoms with van der Waals surface area (Å²) in [4.78, 5) is 40.0. The van der Waals surface area contributed by atoms with Crippen molar-refractivity contribution in [2.45, 2.75) is 13.3 Å². The molecule has 1 N–H and O–H groups in total. The molecule has 0 spiro atoms. The normalized spacial score (nSPS) is 15.0. The smallest absolute Gasteiger partial charge is 0.273 e. The molecule has 36 heavy (non-hydrogen) atoms. The third-order valence-corrected chi connectivity index (χ3v) is 7.38. The summed E-state index contributed by atoms with van der Waals surface area (Å²) in [5, 5.41) is 4.59. The Bertz CT molecular complexity index is 1600. The lowest BCUT2D eigenvalue weighted by molar-refractivity contribution is -0.122. The zero-order valence-electron chi connectivity index (χ0n) is 19.2. The Morgan fingerprint density at radius 2 is 1.67 bits per heavy atom. The number of aryl methyl sites for hydroxylation is 1. The molecule has 0 aromatic heterocycles. The van der Waals surface area contributed by atoms with E-state index in [9.17, 15) is 14.4 Å². The van der Waals surface area contributed by atoms with Gasteiger partial charge in [-0.2, -0.15) is 0 Å². The molecule has 0 radical (unpaired) electrons. The predicted molar refractivity (Wildman–Crippen MR) is 146 cm³/mol. The number of fused-ring (bicyclic) bond motifs is 1. The lowest BCUT2D eigenvalue weighted by Crippen LogP contribution is -2.54. The molecule has 1 aliphatic heterocycles. The molecule has 7 heteroatoms. The summed E-state index contributed by atoms with van der Waals surface area (Å²) in [6.07, 6.45) is 2.17. The van der Waals surface area contributed by atoms with Crippen LogP contribution in [0, 0.1) is 6.92 Å². The molecule has 0 unspecified atom stereocenters. The Labute approximate surface area is 221 Å². The molecule has 4 aromatic carbocycles. The monoisotopic (exact) mass is 558 g/mol. The van der Waals surface area contributed by atoms with Gasteiger partial charge in [-0.15, -0.1) is 0 Å². The second kappa shape index (κ2) is 9.72. The van der Waals surface area contributed by atoms with Crippen LogP contribution in [0.5, 0.6) is 0 Å². The largest absolute Gasteiger partial charge is 0.335 e. The number of nitrogens with one attached hydrogen (secondary N) is 1. The van der Waals surface area contributed by atoms with Crippen molar-refractivity contribution in [3.63, 3.8) is 0 Å². The van der Waals surface area contributed by atoms with Gasteiger partial charge in [-0.05, 0) is 70.6 Å². The fraction of sp³-hybridized carbons (Fsp3) is 0.0690. The second-order valence-electron chi connectivity index (χ2n) is 8.52. The fourth-order valence-corrected chi connectivity index (χ4v) is 4.87. The van der Waals surface area contributed by atoms with Gasteiger partial charge in [0.15, 0.2) is 0 Å². The van der Waals surface area contributed by atoms with Crippen LogP contribution >= 0.6 is 27.5 Å². The minimum Gasteiger partial charge on any atom is -0.273 e. The van der Waals surface area contributed by atoms with Crippen LogP contribution in [0.4, 0.5) is 10.5 Å². The molecule has 5 nitrogen and oxygen atoms in total. The summed E-state index contributed by atoms with van der Waals surface area (Å²) in [5.41, 5.74) is 3.73. The van der Waals surface area contributed by atoms with Gasteiger partial charge >= 0.3 is 6.03 Å². The first kappa shape index (κ1) is 24.0. The van der Waals surface area contributed by atoms with Crippen molar-refractivity contribution in [3.05, 3.63) is 116 Å². The Morgan fingerprint density at radius 3 is 2.44 bits per heavy atom. The molecule has 1 heterocycles. The van der Waals surface area contributed by atoms with E-state index in [1.54, 1.807) is 18.2 Å². The number of hydrogen-bond donors (Lipinski definition) is 1. The summed E-state index contributed by atoms with van der Waals surface area (Å²) in [6, 6.07) is 23.8. The first-order chi connectivity index (χ1) is 17.3. The average molecular weight is 560 g/mol. The first-order valence-electron chi connectivity index (χ1n) is 11.2. The van der Waals surface area contributed by atoms with Crippen LogP contribution in [-0.2, 0) is 16.0 Å². The molecule has 1 aliphatic rings. The van der Waals surface area contributed by atoms with Gasteiger partial charge in [0.25, 0.3) is 11.8 Å². The lowest BCUT2D eigenvalue weighted by atomic mass is 9.92. The SMILES string of the molecule is Cc1ccc(N2C(=O)NC(=O)/C(=C\c3c(Cc4ccccc4Br)ccc4ccccc34)C2=O)cc1Cl. The van der Waals surface area contributed by atoms with E-state index in [1.807, 2.05) is 67.6 Å². The van der Waals surface area contributed by atoms with Gasteiger partial charge in [0, 0.05) is 9.50 Å². The van der Waals surface area contributed by atoms with Gasteiger partial charge in [0.05, 0.1) is 5.69 Å². The summed E-state index contributed by atoms with van der Waals surface area (Å²) < 4.78 is 0.969. The molecule has 1 fully saturated rings.